The molecule has 1 fully saturated rings. The van der Waals surface area contributed by atoms with Crippen molar-refractivity contribution in [2.45, 2.75) is 12.0 Å². The molecule has 3 amide bonds. The molecule has 138 valence electrons. The van der Waals surface area contributed by atoms with Crippen molar-refractivity contribution < 1.29 is 22.8 Å². The molecular weight excluding hydrogens is 361 g/mol. The Morgan fingerprint density at radius 1 is 1.15 bits per heavy atom. The molecule has 0 radical (unpaired) electrons. The van der Waals surface area contributed by atoms with Gasteiger partial charge in [0, 0.05) is 23.7 Å². The molecule has 0 bridgehead atoms. The molecule has 0 spiro atoms. The van der Waals surface area contributed by atoms with E-state index in [1.807, 2.05) is 0 Å². The summed E-state index contributed by atoms with van der Waals surface area (Å²) >= 11 is 0. The SMILES string of the molecule is N#Cc1cc(F)c([C@@H]2CNC(=O)[C@H]2NC(=O)Nc2ccc(F)cc2)c(F)c1. The number of nitriles is 1. The number of carbonyl (C=O) groups is 2. The zero-order valence-electron chi connectivity index (χ0n) is 13.7. The monoisotopic (exact) mass is 374 g/mol. The number of hydrogen-bond acceptors (Lipinski definition) is 3. The molecule has 0 unspecified atom stereocenters. The van der Waals surface area contributed by atoms with Gasteiger partial charge in [0.25, 0.3) is 0 Å². The molecule has 0 aliphatic carbocycles. The summed E-state index contributed by atoms with van der Waals surface area (Å²) in [5.74, 6) is -4.03. The lowest BCUT2D eigenvalue weighted by Gasteiger charge is -2.20. The summed E-state index contributed by atoms with van der Waals surface area (Å²) in [6.45, 7) is -0.0833. The Balaban J connectivity index is 1.80. The van der Waals surface area contributed by atoms with E-state index in [9.17, 15) is 22.8 Å². The maximum absolute atomic E-state index is 14.3. The number of anilines is 1. The molecule has 1 aliphatic rings. The Labute approximate surface area is 152 Å². The Bertz CT molecular complexity index is 918. The first kappa shape index (κ1) is 18.3. The molecule has 3 N–H and O–H groups in total. The van der Waals surface area contributed by atoms with Gasteiger partial charge >= 0.3 is 6.03 Å². The average molecular weight is 374 g/mol. The van der Waals surface area contributed by atoms with E-state index in [0.29, 0.717) is 0 Å². The second-order valence-corrected chi connectivity index (χ2v) is 5.90. The highest BCUT2D eigenvalue weighted by Gasteiger charge is 2.39. The highest BCUT2D eigenvalue weighted by Crippen LogP contribution is 2.29. The van der Waals surface area contributed by atoms with E-state index in [1.165, 1.54) is 12.1 Å². The van der Waals surface area contributed by atoms with Crippen molar-refractivity contribution in [3.8, 4) is 6.07 Å². The van der Waals surface area contributed by atoms with E-state index in [0.717, 1.165) is 24.3 Å². The highest BCUT2D eigenvalue weighted by atomic mass is 19.1. The summed E-state index contributed by atoms with van der Waals surface area (Å²) in [4.78, 5) is 24.2. The molecule has 6 nitrogen and oxygen atoms in total. The lowest BCUT2D eigenvalue weighted by Crippen LogP contribution is -2.45. The largest absolute Gasteiger partial charge is 0.354 e. The predicted molar refractivity (Wildman–Crippen MR) is 89.2 cm³/mol. The van der Waals surface area contributed by atoms with Crippen LogP contribution in [0, 0.1) is 28.8 Å². The van der Waals surface area contributed by atoms with Gasteiger partial charge in [-0.05, 0) is 36.4 Å². The van der Waals surface area contributed by atoms with Crippen LogP contribution in [0.5, 0.6) is 0 Å². The second-order valence-electron chi connectivity index (χ2n) is 5.90. The maximum Gasteiger partial charge on any atom is 0.319 e. The van der Waals surface area contributed by atoms with Gasteiger partial charge in [0.05, 0.1) is 11.6 Å². The van der Waals surface area contributed by atoms with E-state index < -0.39 is 41.3 Å². The summed E-state index contributed by atoms with van der Waals surface area (Å²) in [5.41, 5.74) is -0.302. The van der Waals surface area contributed by atoms with Crippen LogP contribution in [0.25, 0.3) is 0 Å². The van der Waals surface area contributed by atoms with Gasteiger partial charge in [-0.3, -0.25) is 4.79 Å². The minimum absolute atomic E-state index is 0.0833. The molecule has 27 heavy (non-hydrogen) atoms. The number of urea groups is 1. The van der Waals surface area contributed by atoms with Crippen molar-refractivity contribution in [2.24, 2.45) is 0 Å². The van der Waals surface area contributed by atoms with Crippen molar-refractivity contribution in [1.29, 1.82) is 5.26 Å². The molecule has 2 aromatic rings. The third kappa shape index (κ3) is 3.84. The van der Waals surface area contributed by atoms with Crippen LogP contribution in [0.1, 0.15) is 17.0 Å². The Morgan fingerprint density at radius 2 is 1.78 bits per heavy atom. The zero-order chi connectivity index (χ0) is 19.6. The normalized spacial score (nSPS) is 18.5. The van der Waals surface area contributed by atoms with Crippen molar-refractivity contribution in [3.05, 3.63) is 65.0 Å². The van der Waals surface area contributed by atoms with Crippen molar-refractivity contribution in [2.75, 3.05) is 11.9 Å². The first-order valence-electron chi connectivity index (χ1n) is 7.89. The summed E-state index contributed by atoms with van der Waals surface area (Å²) < 4.78 is 41.5. The lowest BCUT2D eigenvalue weighted by atomic mass is 9.92. The van der Waals surface area contributed by atoms with E-state index >= 15 is 0 Å². The molecule has 1 heterocycles. The van der Waals surface area contributed by atoms with Gasteiger partial charge in [0.15, 0.2) is 0 Å². The number of hydrogen-bond donors (Lipinski definition) is 3. The van der Waals surface area contributed by atoms with E-state index in [-0.39, 0.29) is 23.4 Å². The molecule has 3 rings (SSSR count). The van der Waals surface area contributed by atoms with E-state index in [4.69, 9.17) is 5.26 Å². The van der Waals surface area contributed by atoms with Gasteiger partial charge in [-0.2, -0.15) is 5.26 Å². The minimum Gasteiger partial charge on any atom is -0.354 e. The molecule has 0 saturated carbocycles. The smallest absolute Gasteiger partial charge is 0.319 e. The van der Waals surface area contributed by atoms with Crippen molar-refractivity contribution in [1.82, 2.24) is 10.6 Å². The topological polar surface area (TPSA) is 94.0 Å². The van der Waals surface area contributed by atoms with Gasteiger partial charge in [-0.25, -0.2) is 18.0 Å². The second kappa shape index (κ2) is 7.37. The van der Waals surface area contributed by atoms with Crippen LogP contribution < -0.4 is 16.0 Å². The van der Waals surface area contributed by atoms with Gasteiger partial charge < -0.3 is 16.0 Å². The van der Waals surface area contributed by atoms with Gasteiger partial charge in [0.1, 0.15) is 23.5 Å². The fourth-order valence-electron chi connectivity index (χ4n) is 2.90. The minimum atomic E-state index is -1.22. The summed E-state index contributed by atoms with van der Waals surface area (Å²) in [7, 11) is 0. The van der Waals surface area contributed by atoms with Crippen LogP contribution in [-0.2, 0) is 4.79 Å². The molecule has 9 heteroatoms. The molecule has 1 aliphatic heterocycles. The molecule has 1 saturated heterocycles. The predicted octanol–water partition coefficient (Wildman–Crippen LogP) is 2.38. The van der Waals surface area contributed by atoms with Crippen molar-refractivity contribution >= 4 is 17.6 Å². The number of nitrogens with zero attached hydrogens (tertiary/aromatic N) is 1. The number of nitrogens with one attached hydrogen (secondary N) is 3. The summed E-state index contributed by atoms with van der Waals surface area (Å²) in [6, 6.07) is 6.30. The van der Waals surface area contributed by atoms with E-state index in [2.05, 4.69) is 16.0 Å². The Morgan fingerprint density at radius 3 is 2.37 bits per heavy atom. The number of rotatable bonds is 3. The van der Waals surface area contributed by atoms with E-state index in [1.54, 1.807) is 6.07 Å². The Kier molecular flexibility index (Phi) is 4.98. The quantitative estimate of drug-likeness (QED) is 0.770. The highest BCUT2D eigenvalue weighted by molar-refractivity contribution is 5.95. The zero-order valence-corrected chi connectivity index (χ0v) is 13.7. The standard InChI is InChI=1S/C18H13F3N4O2/c19-10-1-3-11(4-2-10)24-18(27)25-16-12(8-23-17(16)26)15-13(20)5-9(7-22)6-14(15)21/h1-6,12,16H,8H2,(H,23,26)(H2,24,25,27)/t12-,16-/m0/s1. The number of halogens is 3. The number of carbonyl (C=O) groups excluding carboxylic acids is 2. The number of amides is 3. The van der Waals surface area contributed by atoms with Crippen LogP contribution in [0.2, 0.25) is 0 Å². The fourth-order valence-corrected chi connectivity index (χ4v) is 2.90. The number of benzene rings is 2. The van der Waals surface area contributed by atoms with Gasteiger partial charge in [0.2, 0.25) is 5.91 Å². The lowest BCUT2D eigenvalue weighted by molar-refractivity contribution is -0.120. The fraction of sp³-hybridized carbons (Fsp3) is 0.167. The maximum atomic E-state index is 14.3. The molecule has 2 atom stereocenters. The Hall–Kier alpha value is -3.54. The van der Waals surface area contributed by atoms with Crippen LogP contribution >= 0.6 is 0 Å². The van der Waals surface area contributed by atoms with Crippen LogP contribution in [-0.4, -0.2) is 24.5 Å². The van der Waals surface area contributed by atoms with Crippen LogP contribution in [0.4, 0.5) is 23.7 Å². The molecule has 2 aromatic carbocycles. The van der Waals surface area contributed by atoms with Crippen LogP contribution in [0.15, 0.2) is 36.4 Å². The molecule has 0 aromatic heterocycles. The summed E-state index contributed by atoms with van der Waals surface area (Å²) in [5, 5.41) is 16.0. The first-order chi connectivity index (χ1) is 12.9. The van der Waals surface area contributed by atoms with Gasteiger partial charge in [-0.15, -0.1) is 0 Å². The molecular formula is C18H13F3N4O2. The third-order valence-electron chi connectivity index (χ3n) is 4.15. The van der Waals surface area contributed by atoms with Crippen LogP contribution in [0.3, 0.4) is 0 Å². The van der Waals surface area contributed by atoms with Gasteiger partial charge in [-0.1, -0.05) is 0 Å². The summed E-state index contributed by atoms with van der Waals surface area (Å²) in [6.07, 6.45) is 0. The van der Waals surface area contributed by atoms with Crippen molar-refractivity contribution in [3.63, 3.8) is 0 Å². The third-order valence-corrected chi connectivity index (χ3v) is 4.15. The average Bonchev–Trinajstić information content (AvgIpc) is 2.97. The first-order valence-corrected chi connectivity index (χ1v) is 7.89.